The van der Waals surface area contributed by atoms with Crippen molar-refractivity contribution < 1.29 is 14.3 Å². The van der Waals surface area contributed by atoms with Crippen molar-refractivity contribution in [1.29, 1.82) is 0 Å². The summed E-state index contributed by atoms with van der Waals surface area (Å²) in [6.45, 7) is 4.22. The van der Waals surface area contributed by atoms with Crippen LogP contribution < -0.4 is 19.6 Å². The molecule has 0 amide bonds. The number of nitrogens with zero attached hydrogens (tertiary/aromatic N) is 2. The molecule has 7 heteroatoms. The fourth-order valence-corrected chi connectivity index (χ4v) is 6.21. The van der Waals surface area contributed by atoms with Crippen LogP contribution in [0.3, 0.4) is 0 Å². The predicted octanol–water partition coefficient (Wildman–Crippen LogP) is 5.53. The Kier molecular flexibility index (Phi) is 7.35. The zero-order chi connectivity index (χ0) is 28.3. The number of aromatic nitrogens is 1. The van der Waals surface area contributed by atoms with Gasteiger partial charge in [0.2, 0.25) is 0 Å². The van der Waals surface area contributed by atoms with Gasteiger partial charge in [-0.1, -0.05) is 96.3 Å². The average molecular weight is 561 g/mol. The van der Waals surface area contributed by atoms with Crippen LogP contribution in [0, 0.1) is 0 Å². The highest BCUT2D eigenvalue weighted by Gasteiger charge is 2.33. The maximum Gasteiger partial charge on any atom is 0.338 e. The smallest absolute Gasteiger partial charge is 0.338 e. The first-order valence-electron chi connectivity index (χ1n) is 13.5. The van der Waals surface area contributed by atoms with E-state index in [0.717, 1.165) is 22.1 Å². The lowest BCUT2D eigenvalue weighted by atomic mass is 9.96. The van der Waals surface area contributed by atoms with Gasteiger partial charge in [0.25, 0.3) is 5.56 Å². The molecule has 6 nitrogen and oxygen atoms in total. The van der Waals surface area contributed by atoms with Gasteiger partial charge in [0.15, 0.2) is 4.80 Å². The van der Waals surface area contributed by atoms with Gasteiger partial charge in [-0.3, -0.25) is 9.36 Å². The lowest BCUT2D eigenvalue weighted by Crippen LogP contribution is -2.39. The molecular formula is C34H28N2O4S. The van der Waals surface area contributed by atoms with Gasteiger partial charge in [-0.25, -0.2) is 9.79 Å². The molecule has 0 spiro atoms. The molecule has 0 saturated heterocycles. The Hall–Kier alpha value is -4.75. The fraction of sp³-hybridized carbons (Fsp3) is 0.147. The minimum Gasteiger partial charge on any atom is -0.489 e. The summed E-state index contributed by atoms with van der Waals surface area (Å²) in [5.41, 5.74) is 3.48. The van der Waals surface area contributed by atoms with Crippen LogP contribution >= 0.6 is 11.3 Å². The van der Waals surface area contributed by atoms with Crippen molar-refractivity contribution in [3.63, 3.8) is 0 Å². The van der Waals surface area contributed by atoms with E-state index in [1.54, 1.807) is 18.4 Å². The summed E-state index contributed by atoms with van der Waals surface area (Å²) < 4.78 is 13.7. The van der Waals surface area contributed by atoms with E-state index in [4.69, 9.17) is 9.47 Å². The van der Waals surface area contributed by atoms with Crippen molar-refractivity contribution in [2.24, 2.45) is 4.99 Å². The Morgan fingerprint density at radius 3 is 2.56 bits per heavy atom. The van der Waals surface area contributed by atoms with E-state index in [2.05, 4.69) is 29.3 Å². The third-order valence-electron chi connectivity index (χ3n) is 7.06. The number of allylic oxidation sites excluding steroid dienone is 1. The molecule has 5 aromatic rings. The molecule has 204 valence electrons. The van der Waals surface area contributed by atoms with Gasteiger partial charge >= 0.3 is 5.97 Å². The van der Waals surface area contributed by atoms with E-state index in [0.29, 0.717) is 33.0 Å². The van der Waals surface area contributed by atoms with Crippen molar-refractivity contribution in [3.8, 4) is 5.75 Å². The fourth-order valence-electron chi connectivity index (χ4n) is 5.17. The normalized spacial score (nSPS) is 15.0. The highest BCUT2D eigenvalue weighted by atomic mass is 32.1. The van der Waals surface area contributed by atoms with Crippen LogP contribution in [0.4, 0.5) is 0 Å². The number of hydrogen-bond acceptors (Lipinski definition) is 6. The molecule has 0 radical (unpaired) electrons. The molecule has 1 aliphatic rings. The van der Waals surface area contributed by atoms with E-state index in [1.807, 2.05) is 78.9 Å². The molecule has 0 aliphatic carbocycles. The Morgan fingerprint density at radius 2 is 1.73 bits per heavy atom. The highest BCUT2D eigenvalue weighted by Crippen LogP contribution is 2.30. The summed E-state index contributed by atoms with van der Waals surface area (Å²) in [7, 11) is 0. The lowest BCUT2D eigenvalue weighted by Gasteiger charge is -2.24. The van der Waals surface area contributed by atoms with Crippen LogP contribution in [0.15, 0.2) is 118 Å². The average Bonchev–Trinajstić information content (AvgIpc) is 3.29. The van der Waals surface area contributed by atoms with Crippen molar-refractivity contribution in [1.82, 2.24) is 4.57 Å². The summed E-state index contributed by atoms with van der Waals surface area (Å²) in [6.07, 6.45) is 1.85. The number of carbonyl (C=O) groups is 1. The molecule has 0 saturated carbocycles. The Balaban J connectivity index is 1.36. The number of rotatable bonds is 7. The zero-order valence-corrected chi connectivity index (χ0v) is 23.6. The van der Waals surface area contributed by atoms with Gasteiger partial charge in [0, 0.05) is 0 Å². The van der Waals surface area contributed by atoms with Crippen molar-refractivity contribution >= 4 is 34.2 Å². The number of carbonyl (C=O) groups excluding carboxylic acids is 1. The molecule has 41 heavy (non-hydrogen) atoms. The van der Waals surface area contributed by atoms with Crippen molar-refractivity contribution in [3.05, 3.63) is 145 Å². The molecule has 1 aliphatic heterocycles. The largest absolute Gasteiger partial charge is 0.489 e. The van der Waals surface area contributed by atoms with Gasteiger partial charge in [0.1, 0.15) is 12.4 Å². The highest BCUT2D eigenvalue weighted by molar-refractivity contribution is 7.07. The van der Waals surface area contributed by atoms with Crippen LogP contribution in [-0.2, 0) is 16.1 Å². The third-order valence-corrected chi connectivity index (χ3v) is 8.05. The van der Waals surface area contributed by atoms with E-state index < -0.39 is 12.0 Å². The first kappa shape index (κ1) is 26.5. The first-order chi connectivity index (χ1) is 20.0. The molecule has 1 unspecified atom stereocenters. The minimum atomic E-state index is -0.621. The van der Waals surface area contributed by atoms with Crippen molar-refractivity contribution in [2.45, 2.75) is 26.5 Å². The zero-order valence-electron chi connectivity index (χ0n) is 22.7. The second-order valence-electron chi connectivity index (χ2n) is 9.71. The Bertz CT molecular complexity index is 1970. The maximum atomic E-state index is 13.8. The van der Waals surface area contributed by atoms with E-state index in [1.165, 1.54) is 16.7 Å². The first-order valence-corrected chi connectivity index (χ1v) is 14.3. The topological polar surface area (TPSA) is 69.9 Å². The summed E-state index contributed by atoms with van der Waals surface area (Å²) in [6, 6.07) is 31.0. The van der Waals surface area contributed by atoms with Crippen LogP contribution in [0.25, 0.3) is 16.8 Å². The van der Waals surface area contributed by atoms with Gasteiger partial charge < -0.3 is 9.47 Å². The molecule has 1 atom stereocenters. The predicted molar refractivity (Wildman–Crippen MR) is 162 cm³/mol. The molecule has 0 fully saturated rings. The molecule has 4 aromatic carbocycles. The van der Waals surface area contributed by atoms with E-state index >= 15 is 0 Å². The van der Waals surface area contributed by atoms with E-state index in [-0.39, 0.29) is 12.2 Å². The monoisotopic (exact) mass is 560 g/mol. The SMILES string of the molecule is CCOC(=O)C1=C(C)N=c2s/c(=C/c3cccc(OCc4cccc5ccccc45)c3)c(=O)n2C1c1ccccc1. The quantitative estimate of drug-likeness (QED) is 0.246. The summed E-state index contributed by atoms with van der Waals surface area (Å²) >= 11 is 1.30. The number of hydrogen-bond donors (Lipinski definition) is 0. The summed E-state index contributed by atoms with van der Waals surface area (Å²) in [5.74, 6) is 0.245. The molecule has 0 bridgehead atoms. The Labute approximate surface area is 241 Å². The molecule has 2 heterocycles. The maximum absolute atomic E-state index is 13.8. The standard InChI is InChI=1S/C34H28N2O4S/c1-3-39-33(38)30-22(2)35-34-36(31(30)25-13-5-4-6-14-25)32(37)29(41-34)20-23-11-9-17-27(19-23)40-21-26-16-10-15-24-12-7-8-18-28(24)26/h4-20,31H,3,21H2,1-2H3/b29-20+. The second-order valence-corrected chi connectivity index (χ2v) is 10.7. The lowest BCUT2D eigenvalue weighted by molar-refractivity contribution is -0.139. The van der Waals surface area contributed by atoms with E-state index in [9.17, 15) is 9.59 Å². The van der Waals surface area contributed by atoms with Gasteiger partial charge in [0.05, 0.1) is 28.5 Å². The van der Waals surface area contributed by atoms with Crippen LogP contribution in [0.5, 0.6) is 5.75 Å². The minimum absolute atomic E-state index is 0.209. The number of fused-ring (bicyclic) bond motifs is 2. The van der Waals surface area contributed by atoms with Crippen molar-refractivity contribution in [2.75, 3.05) is 6.61 Å². The van der Waals surface area contributed by atoms with Crippen LogP contribution in [-0.4, -0.2) is 17.1 Å². The molecule has 0 N–H and O–H groups in total. The number of ether oxygens (including phenoxy) is 2. The number of esters is 1. The third kappa shape index (κ3) is 5.24. The number of benzene rings is 4. The van der Waals surface area contributed by atoms with Crippen LogP contribution in [0.1, 0.15) is 36.6 Å². The van der Waals surface area contributed by atoms with Crippen LogP contribution in [0.2, 0.25) is 0 Å². The van der Waals surface area contributed by atoms with Gasteiger partial charge in [-0.05, 0) is 59.5 Å². The second kappa shape index (κ2) is 11.4. The number of thiazole rings is 1. The Morgan fingerprint density at radius 1 is 0.976 bits per heavy atom. The summed E-state index contributed by atoms with van der Waals surface area (Å²) in [5, 5.41) is 2.34. The molecule has 1 aromatic heterocycles. The molecular weight excluding hydrogens is 532 g/mol. The van der Waals surface area contributed by atoms with Gasteiger partial charge in [-0.2, -0.15) is 0 Å². The van der Waals surface area contributed by atoms with Gasteiger partial charge in [-0.15, -0.1) is 0 Å². The molecule has 6 rings (SSSR count). The summed E-state index contributed by atoms with van der Waals surface area (Å²) in [4.78, 5) is 32.0.